The zero-order valence-electron chi connectivity index (χ0n) is 14.0. The molecular weight excluding hydrogens is 328 g/mol. The van der Waals surface area contributed by atoms with Crippen molar-refractivity contribution in [3.8, 4) is 28.5 Å². The van der Waals surface area contributed by atoms with Gasteiger partial charge in [0.05, 0.1) is 11.0 Å². The van der Waals surface area contributed by atoms with Crippen LogP contribution < -0.4 is 5.73 Å². The van der Waals surface area contributed by atoms with E-state index in [2.05, 4.69) is 19.9 Å². The zero-order valence-corrected chi connectivity index (χ0v) is 14.0. The Hall–Kier alpha value is -3.74. The maximum Gasteiger partial charge on any atom is 0.171 e. The van der Waals surface area contributed by atoms with E-state index in [1.54, 1.807) is 18.2 Å². The van der Waals surface area contributed by atoms with Gasteiger partial charge in [0, 0.05) is 11.1 Å². The predicted octanol–water partition coefficient (Wildman–Crippen LogP) is 2.98. The van der Waals surface area contributed by atoms with Gasteiger partial charge in [-0.3, -0.25) is 5.41 Å². The normalized spacial score (nSPS) is 11.0. The third-order valence-electron chi connectivity index (χ3n) is 4.16. The molecule has 5 N–H and O–H groups in total. The van der Waals surface area contributed by atoms with Crippen molar-refractivity contribution < 1.29 is 5.11 Å². The molecule has 0 radical (unpaired) electrons. The molecule has 7 heteroatoms. The van der Waals surface area contributed by atoms with E-state index in [0.717, 1.165) is 11.1 Å². The van der Waals surface area contributed by atoms with Gasteiger partial charge in [0.2, 0.25) is 0 Å². The molecule has 2 aromatic heterocycles. The van der Waals surface area contributed by atoms with Crippen LogP contribution in [0.15, 0.2) is 48.8 Å². The van der Waals surface area contributed by atoms with Crippen molar-refractivity contribution in [2.75, 3.05) is 0 Å². The minimum Gasteiger partial charge on any atom is -0.504 e. The van der Waals surface area contributed by atoms with E-state index in [1.165, 1.54) is 6.33 Å². The third-order valence-corrected chi connectivity index (χ3v) is 4.16. The Morgan fingerprint density at radius 3 is 2.54 bits per heavy atom. The van der Waals surface area contributed by atoms with Crippen molar-refractivity contribution in [3.05, 3.63) is 59.9 Å². The number of hydrogen-bond acceptors (Lipinski definition) is 5. The van der Waals surface area contributed by atoms with E-state index in [0.29, 0.717) is 33.8 Å². The molecule has 0 aliphatic rings. The van der Waals surface area contributed by atoms with Gasteiger partial charge in [0.15, 0.2) is 17.3 Å². The van der Waals surface area contributed by atoms with Crippen molar-refractivity contribution in [2.24, 2.45) is 5.73 Å². The van der Waals surface area contributed by atoms with Gasteiger partial charge in [-0.15, -0.1) is 0 Å². The number of H-pyrrole nitrogens is 1. The van der Waals surface area contributed by atoms with E-state index in [9.17, 15) is 5.11 Å². The molecule has 0 unspecified atom stereocenters. The number of nitrogens with zero attached hydrogens (tertiary/aromatic N) is 3. The Kier molecular flexibility index (Phi) is 3.62. The lowest BCUT2D eigenvalue weighted by atomic mass is 10.1. The summed E-state index contributed by atoms with van der Waals surface area (Å²) in [7, 11) is 0. The molecule has 2 aromatic carbocycles. The molecule has 0 aliphatic carbocycles. The number of rotatable bonds is 3. The van der Waals surface area contributed by atoms with Crippen molar-refractivity contribution in [1.29, 1.82) is 5.41 Å². The van der Waals surface area contributed by atoms with Gasteiger partial charge in [-0.25, -0.2) is 15.0 Å². The number of aromatic hydroxyl groups is 1. The van der Waals surface area contributed by atoms with Crippen LogP contribution in [0.1, 0.15) is 11.1 Å². The number of aromatic amines is 1. The van der Waals surface area contributed by atoms with E-state index >= 15 is 0 Å². The van der Waals surface area contributed by atoms with Crippen LogP contribution in [0.2, 0.25) is 0 Å². The van der Waals surface area contributed by atoms with Crippen molar-refractivity contribution in [3.63, 3.8) is 0 Å². The number of nitrogens with two attached hydrogens (primary N) is 1. The third kappa shape index (κ3) is 2.65. The molecule has 0 fully saturated rings. The quantitative estimate of drug-likeness (QED) is 0.336. The molecule has 7 nitrogen and oxygen atoms in total. The number of amidine groups is 1. The van der Waals surface area contributed by atoms with Gasteiger partial charge in [0.1, 0.15) is 17.9 Å². The minimum atomic E-state index is -0.0396. The van der Waals surface area contributed by atoms with Gasteiger partial charge >= 0.3 is 0 Å². The number of fused-ring (bicyclic) bond motifs is 1. The topological polar surface area (TPSA) is 125 Å². The molecule has 0 saturated carbocycles. The summed E-state index contributed by atoms with van der Waals surface area (Å²) < 4.78 is 0. The van der Waals surface area contributed by atoms with Gasteiger partial charge in [0.25, 0.3) is 0 Å². The average Bonchev–Trinajstić information content (AvgIpc) is 3.05. The second-order valence-corrected chi connectivity index (χ2v) is 6.02. The molecule has 0 spiro atoms. The first-order chi connectivity index (χ1) is 12.5. The molecular formula is C19H16N6O. The molecule has 4 aromatic rings. The molecule has 128 valence electrons. The van der Waals surface area contributed by atoms with E-state index in [1.807, 2.05) is 31.2 Å². The number of imidazole rings is 1. The fourth-order valence-electron chi connectivity index (χ4n) is 2.76. The van der Waals surface area contributed by atoms with Crippen LogP contribution >= 0.6 is 0 Å². The van der Waals surface area contributed by atoms with Gasteiger partial charge in [-0.05, 0) is 25.1 Å². The highest BCUT2D eigenvalue weighted by Crippen LogP contribution is 2.34. The average molecular weight is 344 g/mol. The van der Waals surface area contributed by atoms with Gasteiger partial charge in [-0.2, -0.15) is 0 Å². The molecule has 0 bridgehead atoms. The number of nitrogens with one attached hydrogen (secondary N) is 2. The first-order valence-electron chi connectivity index (χ1n) is 7.98. The van der Waals surface area contributed by atoms with Crippen molar-refractivity contribution in [2.45, 2.75) is 6.92 Å². The molecule has 26 heavy (non-hydrogen) atoms. The lowest BCUT2D eigenvalue weighted by Crippen LogP contribution is -2.10. The Bertz CT molecular complexity index is 1130. The fourth-order valence-corrected chi connectivity index (χ4v) is 2.76. The number of aryl methyl sites for hydroxylation is 1. The van der Waals surface area contributed by atoms with Crippen molar-refractivity contribution in [1.82, 2.24) is 19.9 Å². The standard InChI is InChI=1S/C19H16N6O/c1-10-2-4-11(5-3-10)15-17(26)16(23-9-22-15)19-24-13-7-6-12(18(20)21)8-14(13)25-19/h2-9,26H,1H3,(H3,20,21)(H,24,25). The summed E-state index contributed by atoms with van der Waals surface area (Å²) in [6.45, 7) is 2.00. The SMILES string of the molecule is Cc1ccc(-c2ncnc(-c3nc4ccc(C(=N)N)cc4[nH]3)c2O)cc1. The first-order valence-corrected chi connectivity index (χ1v) is 7.98. The van der Waals surface area contributed by atoms with Crippen LogP contribution in [-0.2, 0) is 0 Å². The molecule has 0 amide bonds. The second-order valence-electron chi connectivity index (χ2n) is 6.02. The largest absolute Gasteiger partial charge is 0.504 e. The van der Waals surface area contributed by atoms with Crippen molar-refractivity contribution >= 4 is 16.9 Å². The van der Waals surface area contributed by atoms with Crippen LogP contribution in [0.4, 0.5) is 0 Å². The lowest BCUT2D eigenvalue weighted by molar-refractivity contribution is 0.474. The van der Waals surface area contributed by atoms with Crippen LogP contribution in [0.5, 0.6) is 5.75 Å². The predicted molar refractivity (Wildman–Crippen MR) is 100.0 cm³/mol. The Labute approximate surface area is 149 Å². The highest BCUT2D eigenvalue weighted by atomic mass is 16.3. The highest BCUT2D eigenvalue weighted by molar-refractivity contribution is 5.98. The fraction of sp³-hybridized carbons (Fsp3) is 0.0526. The van der Waals surface area contributed by atoms with Crippen LogP contribution in [0.3, 0.4) is 0 Å². The molecule has 0 atom stereocenters. The molecule has 0 saturated heterocycles. The summed E-state index contributed by atoms with van der Waals surface area (Å²) in [5.41, 5.74) is 10.2. The van der Waals surface area contributed by atoms with Crippen LogP contribution in [0, 0.1) is 12.3 Å². The van der Waals surface area contributed by atoms with E-state index < -0.39 is 0 Å². The number of aromatic nitrogens is 4. The summed E-state index contributed by atoms with van der Waals surface area (Å²) in [5, 5.41) is 18.2. The summed E-state index contributed by atoms with van der Waals surface area (Å²) in [6, 6.07) is 13.0. The molecule has 2 heterocycles. The number of hydrogen-bond donors (Lipinski definition) is 4. The monoisotopic (exact) mass is 344 g/mol. The highest BCUT2D eigenvalue weighted by Gasteiger charge is 2.17. The lowest BCUT2D eigenvalue weighted by Gasteiger charge is -2.06. The maximum absolute atomic E-state index is 10.7. The number of nitrogen functional groups attached to an aromatic ring is 1. The summed E-state index contributed by atoms with van der Waals surface area (Å²) >= 11 is 0. The minimum absolute atomic E-state index is 0.0189. The zero-order chi connectivity index (χ0) is 18.3. The smallest absolute Gasteiger partial charge is 0.171 e. The van der Waals surface area contributed by atoms with E-state index in [-0.39, 0.29) is 11.6 Å². The first kappa shape index (κ1) is 15.8. The van der Waals surface area contributed by atoms with Crippen LogP contribution in [-0.4, -0.2) is 30.9 Å². The Balaban J connectivity index is 1.83. The Morgan fingerprint density at radius 1 is 1.08 bits per heavy atom. The van der Waals surface area contributed by atoms with Gasteiger partial charge < -0.3 is 15.8 Å². The molecule has 0 aliphatic heterocycles. The maximum atomic E-state index is 10.7. The second kappa shape index (κ2) is 5.96. The summed E-state index contributed by atoms with van der Waals surface area (Å²) in [6.07, 6.45) is 1.40. The Morgan fingerprint density at radius 2 is 1.81 bits per heavy atom. The summed E-state index contributed by atoms with van der Waals surface area (Å²) in [4.78, 5) is 16.0. The van der Waals surface area contributed by atoms with E-state index in [4.69, 9.17) is 11.1 Å². The molecule has 4 rings (SSSR count). The summed E-state index contributed by atoms with van der Waals surface area (Å²) in [5.74, 6) is 0.366. The van der Waals surface area contributed by atoms with Gasteiger partial charge in [-0.1, -0.05) is 29.8 Å². The number of benzene rings is 2. The van der Waals surface area contributed by atoms with Crippen LogP contribution in [0.25, 0.3) is 33.8 Å².